The lowest BCUT2D eigenvalue weighted by Crippen LogP contribution is -2.41. The number of allylic oxidation sites excluding steroid dienone is 2. The molecule has 1 unspecified atom stereocenters. The number of carbonyl (C=O) groups excluding carboxylic acids is 1. The Morgan fingerprint density at radius 3 is 2.20 bits per heavy atom. The summed E-state index contributed by atoms with van der Waals surface area (Å²) < 4.78 is 5.51. The molecule has 7 atom stereocenters. The molecule has 0 aromatic carbocycles. The van der Waals surface area contributed by atoms with E-state index in [1.54, 1.807) is 0 Å². The first-order chi connectivity index (χ1) is 9.30. The maximum atomic E-state index is 11.3. The van der Waals surface area contributed by atoms with E-state index in [1.165, 1.54) is 6.92 Å². The van der Waals surface area contributed by atoms with Crippen LogP contribution in [0.2, 0.25) is 25.2 Å². The Kier molecular flexibility index (Phi) is 3.21. The van der Waals surface area contributed by atoms with Crippen molar-refractivity contribution in [2.24, 2.45) is 23.7 Å². The number of esters is 1. The van der Waals surface area contributed by atoms with Crippen molar-refractivity contribution in [3.8, 4) is 0 Å². The number of hydrogen-bond donors (Lipinski definition) is 1. The van der Waals surface area contributed by atoms with Crippen molar-refractivity contribution in [2.45, 2.75) is 44.3 Å². The summed E-state index contributed by atoms with van der Waals surface area (Å²) in [5.41, 5.74) is 0.658. The standard InChI is InChI=1S/C16H24O3Si/c1-9(17)19-13-8-7-12(18)14-10-5-6-11(15(13)14)16(10)20(2,3)4/h5-8,10-16,18H,1-4H3/t10-,11+,12-,13+,14-,15+,16?/m0/s1. The van der Waals surface area contributed by atoms with E-state index in [1.807, 2.05) is 12.2 Å². The van der Waals surface area contributed by atoms with Gasteiger partial charge in [0.25, 0.3) is 0 Å². The third-order valence-electron chi connectivity index (χ3n) is 5.29. The van der Waals surface area contributed by atoms with Gasteiger partial charge < -0.3 is 9.84 Å². The summed E-state index contributed by atoms with van der Waals surface area (Å²) in [5, 5.41) is 10.4. The van der Waals surface area contributed by atoms with Gasteiger partial charge in [-0.1, -0.05) is 37.9 Å². The van der Waals surface area contributed by atoms with Crippen LogP contribution >= 0.6 is 0 Å². The van der Waals surface area contributed by atoms with Gasteiger partial charge in [-0.2, -0.15) is 0 Å². The molecule has 110 valence electrons. The van der Waals surface area contributed by atoms with Crippen LogP contribution in [0, 0.1) is 23.7 Å². The number of aliphatic hydroxyl groups excluding tert-OH is 1. The predicted octanol–water partition coefficient (Wildman–Crippen LogP) is 2.61. The van der Waals surface area contributed by atoms with Gasteiger partial charge in [-0.3, -0.25) is 4.79 Å². The van der Waals surface area contributed by atoms with E-state index in [9.17, 15) is 9.90 Å². The molecule has 0 saturated heterocycles. The number of hydrogen-bond acceptors (Lipinski definition) is 3. The topological polar surface area (TPSA) is 46.5 Å². The highest BCUT2D eigenvalue weighted by molar-refractivity contribution is 6.77. The Bertz CT molecular complexity index is 477. The maximum Gasteiger partial charge on any atom is 0.303 e. The molecule has 20 heavy (non-hydrogen) atoms. The Morgan fingerprint density at radius 1 is 1.05 bits per heavy atom. The average molecular weight is 292 g/mol. The Balaban J connectivity index is 1.95. The van der Waals surface area contributed by atoms with Gasteiger partial charge >= 0.3 is 5.97 Å². The summed E-state index contributed by atoms with van der Waals surface area (Å²) in [6, 6.07) is 0. The van der Waals surface area contributed by atoms with Crippen LogP contribution in [0.5, 0.6) is 0 Å². The fraction of sp³-hybridized carbons (Fsp3) is 0.688. The molecule has 3 rings (SSSR count). The molecule has 0 radical (unpaired) electrons. The molecule has 0 heterocycles. The largest absolute Gasteiger partial charge is 0.458 e. The first-order valence-electron chi connectivity index (χ1n) is 7.52. The number of ether oxygens (including phenoxy) is 1. The zero-order valence-corrected chi connectivity index (χ0v) is 13.6. The second-order valence-corrected chi connectivity index (χ2v) is 12.9. The third-order valence-corrected chi connectivity index (χ3v) is 8.06. The second kappa shape index (κ2) is 4.57. The van der Waals surface area contributed by atoms with Gasteiger partial charge in [-0.05, 0) is 23.5 Å². The fourth-order valence-electron chi connectivity index (χ4n) is 4.84. The fourth-order valence-corrected chi connectivity index (χ4v) is 7.81. The van der Waals surface area contributed by atoms with Gasteiger partial charge in [0, 0.05) is 26.8 Å². The predicted molar refractivity (Wildman–Crippen MR) is 80.9 cm³/mol. The van der Waals surface area contributed by atoms with Crippen LogP contribution in [0.15, 0.2) is 24.3 Å². The SMILES string of the molecule is CC(=O)O[C@@H]1C=C[C@H](O)[C@H]2[C@@H]1[C@H]1C=C[C@@H]2C1[Si](C)(C)C. The number of rotatable bonds is 2. The van der Waals surface area contributed by atoms with Crippen molar-refractivity contribution in [3.05, 3.63) is 24.3 Å². The van der Waals surface area contributed by atoms with Gasteiger partial charge in [0.2, 0.25) is 0 Å². The van der Waals surface area contributed by atoms with E-state index in [0.717, 1.165) is 0 Å². The zero-order valence-electron chi connectivity index (χ0n) is 12.6. The molecule has 3 nitrogen and oxygen atoms in total. The van der Waals surface area contributed by atoms with Gasteiger partial charge in [-0.15, -0.1) is 0 Å². The van der Waals surface area contributed by atoms with Crippen molar-refractivity contribution >= 4 is 14.0 Å². The van der Waals surface area contributed by atoms with Crippen molar-refractivity contribution in [2.75, 3.05) is 0 Å². The molecule has 1 saturated carbocycles. The Labute approximate surface area is 121 Å². The molecule has 0 aromatic rings. The van der Waals surface area contributed by atoms with Crippen LogP contribution in [0.1, 0.15) is 6.92 Å². The summed E-state index contributed by atoms with van der Waals surface area (Å²) >= 11 is 0. The van der Waals surface area contributed by atoms with E-state index >= 15 is 0 Å². The Morgan fingerprint density at radius 2 is 1.65 bits per heavy atom. The lowest BCUT2D eigenvalue weighted by molar-refractivity contribution is -0.149. The molecule has 0 spiro atoms. The second-order valence-electron chi connectivity index (χ2n) is 7.54. The molecule has 2 bridgehead atoms. The lowest BCUT2D eigenvalue weighted by atomic mass is 9.73. The van der Waals surface area contributed by atoms with Crippen LogP contribution < -0.4 is 0 Å². The van der Waals surface area contributed by atoms with Gasteiger partial charge in [0.1, 0.15) is 6.10 Å². The van der Waals surface area contributed by atoms with Crippen LogP contribution in [0.4, 0.5) is 0 Å². The third kappa shape index (κ3) is 2.01. The monoisotopic (exact) mass is 292 g/mol. The summed E-state index contributed by atoms with van der Waals surface area (Å²) in [4.78, 5) is 11.3. The summed E-state index contributed by atoms with van der Waals surface area (Å²) in [6.07, 6.45) is 7.78. The highest BCUT2D eigenvalue weighted by atomic mass is 28.3. The molecule has 0 aliphatic heterocycles. The van der Waals surface area contributed by atoms with Crippen molar-refractivity contribution in [1.29, 1.82) is 0 Å². The first kappa shape index (κ1) is 14.1. The van der Waals surface area contributed by atoms with Crippen LogP contribution in [-0.4, -0.2) is 31.4 Å². The average Bonchev–Trinajstić information content (AvgIpc) is 2.88. The molecule has 1 N–H and O–H groups in total. The minimum absolute atomic E-state index is 0.167. The Hall–Kier alpha value is -0.873. The lowest BCUT2D eigenvalue weighted by Gasteiger charge is -2.37. The van der Waals surface area contributed by atoms with Crippen LogP contribution in [0.3, 0.4) is 0 Å². The zero-order chi connectivity index (χ0) is 14.7. The van der Waals surface area contributed by atoms with Crippen LogP contribution in [0.25, 0.3) is 0 Å². The molecular weight excluding hydrogens is 268 g/mol. The van der Waals surface area contributed by atoms with Crippen molar-refractivity contribution in [1.82, 2.24) is 0 Å². The quantitative estimate of drug-likeness (QED) is 0.483. The molecule has 3 aliphatic rings. The maximum absolute atomic E-state index is 11.3. The number of fused-ring (bicyclic) bond motifs is 5. The van der Waals surface area contributed by atoms with E-state index in [2.05, 4.69) is 31.8 Å². The van der Waals surface area contributed by atoms with Crippen molar-refractivity contribution < 1.29 is 14.6 Å². The minimum atomic E-state index is -1.32. The smallest absolute Gasteiger partial charge is 0.303 e. The highest BCUT2D eigenvalue weighted by Gasteiger charge is 2.60. The van der Waals surface area contributed by atoms with E-state index in [-0.39, 0.29) is 23.9 Å². The summed E-state index contributed by atoms with van der Waals surface area (Å²) in [7, 11) is -1.32. The van der Waals surface area contributed by atoms with Crippen LogP contribution in [-0.2, 0) is 9.53 Å². The van der Waals surface area contributed by atoms with Crippen molar-refractivity contribution in [3.63, 3.8) is 0 Å². The van der Waals surface area contributed by atoms with E-state index in [4.69, 9.17) is 4.74 Å². The van der Waals surface area contributed by atoms with Gasteiger partial charge in [0.15, 0.2) is 0 Å². The molecular formula is C16H24O3Si. The molecule has 3 aliphatic carbocycles. The molecule has 0 aromatic heterocycles. The van der Waals surface area contributed by atoms with Gasteiger partial charge in [-0.25, -0.2) is 0 Å². The number of aliphatic hydroxyl groups is 1. The molecule has 4 heteroatoms. The highest BCUT2D eigenvalue weighted by Crippen LogP contribution is 2.62. The number of carbonyl (C=O) groups is 1. The summed E-state index contributed by atoms with van der Waals surface area (Å²) in [5.74, 6) is 1.16. The van der Waals surface area contributed by atoms with Gasteiger partial charge in [0.05, 0.1) is 6.10 Å². The first-order valence-corrected chi connectivity index (χ1v) is 11.1. The normalized spacial score (nSPS) is 45.5. The molecule has 1 fully saturated rings. The minimum Gasteiger partial charge on any atom is -0.458 e. The van der Waals surface area contributed by atoms with E-state index < -0.39 is 14.2 Å². The summed E-state index contributed by atoms with van der Waals surface area (Å²) in [6.45, 7) is 8.68. The molecule has 0 amide bonds. The van der Waals surface area contributed by atoms with E-state index in [0.29, 0.717) is 17.4 Å².